The number of halogens is 2. The summed E-state index contributed by atoms with van der Waals surface area (Å²) in [6.45, 7) is 0.619. The fraction of sp³-hybridized carbons (Fsp3) is 0.143. The topological polar surface area (TPSA) is 39.9 Å². The van der Waals surface area contributed by atoms with Crippen LogP contribution in [0.25, 0.3) is 11.2 Å². The number of hydrogen-bond donors (Lipinski definition) is 0. The van der Waals surface area contributed by atoms with E-state index in [1.165, 1.54) is 0 Å². The summed E-state index contributed by atoms with van der Waals surface area (Å²) in [5, 5.41) is 0.432. The van der Waals surface area contributed by atoms with Crippen LogP contribution in [0.3, 0.4) is 0 Å². The summed E-state index contributed by atoms with van der Waals surface area (Å²) in [7, 11) is 1.65. The highest BCUT2D eigenvalue weighted by Gasteiger charge is 2.11. The van der Waals surface area contributed by atoms with Gasteiger partial charge in [-0.05, 0) is 51.3 Å². The molecule has 0 bridgehead atoms. The number of pyridine rings is 1. The van der Waals surface area contributed by atoms with Crippen LogP contribution in [0.5, 0.6) is 5.75 Å². The molecule has 102 valence electrons. The van der Waals surface area contributed by atoms with E-state index in [-0.39, 0.29) is 0 Å². The third-order valence-corrected chi connectivity index (χ3v) is 3.73. The molecule has 0 aliphatic carbocycles. The van der Waals surface area contributed by atoms with Gasteiger partial charge in [0.25, 0.3) is 0 Å². The lowest BCUT2D eigenvalue weighted by Gasteiger charge is -2.06. The van der Waals surface area contributed by atoms with E-state index in [9.17, 15) is 0 Å². The molecule has 3 aromatic rings. The van der Waals surface area contributed by atoms with Crippen LogP contribution in [-0.2, 0) is 6.54 Å². The number of fused-ring (bicyclic) bond motifs is 1. The first-order chi connectivity index (χ1) is 9.67. The molecule has 2 aromatic heterocycles. The number of imidazole rings is 1. The molecule has 0 aliphatic rings. The molecule has 0 aliphatic heterocycles. The van der Waals surface area contributed by atoms with Gasteiger partial charge in [-0.15, -0.1) is 0 Å². The largest absolute Gasteiger partial charge is 0.497 e. The number of benzene rings is 1. The summed E-state index contributed by atoms with van der Waals surface area (Å²) in [6.07, 6.45) is 1.74. The summed E-state index contributed by atoms with van der Waals surface area (Å²) < 4.78 is 7.91. The Labute approximate surface area is 129 Å². The molecular formula is C14H11BrClN3O. The average Bonchev–Trinajstić information content (AvgIpc) is 2.75. The monoisotopic (exact) mass is 351 g/mol. The van der Waals surface area contributed by atoms with Crippen molar-refractivity contribution in [2.45, 2.75) is 6.54 Å². The molecule has 0 fully saturated rings. The highest BCUT2D eigenvalue weighted by molar-refractivity contribution is 9.10. The minimum atomic E-state index is 0.432. The molecule has 1 aromatic carbocycles. The maximum atomic E-state index is 6.20. The number of methoxy groups -OCH3 is 1. The molecular weight excluding hydrogens is 342 g/mol. The molecule has 4 nitrogen and oxygen atoms in total. The normalized spacial score (nSPS) is 10.9. The first-order valence-corrected chi connectivity index (χ1v) is 7.14. The first kappa shape index (κ1) is 13.4. The number of rotatable bonds is 3. The van der Waals surface area contributed by atoms with Crippen molar-refractivity contribution < 1.29 is 4.74 Å². The first-order valence-electron chi connectivity index (χ1n) is 5.97. The van der Waals surface area contributed by atoms with Gasteiger partial charge in [-0.2, -0.15) is 0 Å². The molecule has 0 unspecified atom stereocenters. The Morgan fingerprint density at radius 1 is 1.30 bits per heavy atom. The third kappa shape index (κ3) is 2.51. The Kier molecular flexibility index (Phi) is 3.63. The van der Waals surface area contributed by atoms with Crippen molar-refractivity contribution in [1.82, 2.24) is 14.5 Å². The maximum Gasteiger partial charge on any atom is 0.205 e. The second-order valence-electron chi connectivity index (χ2n) is 4.31. The van der Waals surface area contributed by atoms with E-state index in [1.54, 1.807) is 13.3 Å². The van der Waals surface area contributed by atoms with Crippen molar-refractivity contribution in [3.8, 4) is 5.75 Å². The van der Waals surface area contributed by atoms with E-state index in [0.717, 1.165) is 26.9 Å². The van der Waals surface area contributed by atoms with E-state index in [0.29, 0.717) is 11.8 Å². The number of ether oxygens (including phenoxy) is 1. The molecule has 0 amide bonds. The van der Waals surface area contributed by atoms with Crippen molar-refractivity contribution in [2.24, 2.45) is 0 Å². The average molecular weight is 353 g/mol. The summed E-state index contributed by atoms with van der Waals surface area (Å²) >= 11 is 9.58. The second kappa shape index (κ2) is 5.42. The van der Waals surface area contributed by atoms with Gasteiger partial charge in [0.05, 0.1) is 13.7 Å². The summed E-state index contributed by atoms with van der Waals surface area (Å²) in [5.74, 6) is 0.831. The minimum Gasteiger partial charge on any atom is -0.497 e. The van der Waals surface area contributed by atoms with Crippen LogP contribution in [0.4, 0.5) is 0 Å². The van der Waals surface area contributed by atoms with Gasteiger partial charge in [-0.25, -0.2) is 9.97 Å². The lowest BCUT2D eigenvalue weighted by molar-refractivity contribution is 0.414. The Balaban J connectivity index is 1.99. The number of aromatic nitrogens is 3. The van der Waals surface area contributed by atoms with E-state index < -0.39 is 0 Å². The van der Waals surface area contributed by atoms with Crippen molar-refractivity contribution in [1.29, 1.82) is 0 Å². The second-order valence-corrected chi connectivity index (χ2v) is 5.57. The third-order valence-electron chi connectivity index (χ3n) is 3.00. The molecule has 6 heteroatoms. The zero-order valence-electron chi connectivity index (χ0n) is 10.7. The van der Waals surface area contributed by atoms with E-state index >= 15 is 0 Å². The highest BCUT2D eigenvalue weighted by Crippen LogP contribution is 2.22. The fourth-order valence-corrected chi connectivity index (χ4v) is 2.56. The van der Waals surface area contributed by atoms with Crippen molar-refractivity contribution >= 4 is 38.7 Å². The molecule has 0 atom stereocenters. The number of nitrogens with zero attached hydrogens (tertiary/aromatic N) is 3. The Bertz CT molecular complexity index is 755. The highest BCUT2D eigenvalue weighted by atomic mass is 79.9. The van der Waals surface area contributed by atoms with E-state index in [2.05, 4.69) is 25.9 Å². The molecule has 0 spiro atoms. The molecule has 3 rings (SSSR count). The number of hydrogen-bond acceptors (Lipinski definition) is 3. The van der Waals surface area contributed by atoms with Gasteiger partial charge in [0.15, 0.2) is 5.65 Å². The smallest absolute Gasteiger partial charge is 0.205 e. The van der Waals surface area contributed by atoms with E-state index in [1.807, 2.05) is 34.9 Å². The molecule has 0 saturated carbocycles. The predicted octanol–water partition coefficient (Wildman–Crippen LogP) is 3.90. The van der Waals surface area contributed by atoms with Crippen LogP contribution < -0.4 is 4.74 Å². The van der Waals surface area contributed by atoms with Crippen molar-refractivity contribution in [3.05, 3.63) is 51.8 Å². The van der Waals surface area contributed by atoms with Gasteiger partial charge in [0.2, 0.25) is 5.28 Å². The SMILES string of the molecule is COc1ccc(Cn2c(Cl)nc3cc(Br)cnc32)cc1. The standard InChI is InChI=1S/C14H11BrClN3O/c1-20-11-4-2-9(3-5-11)8-19-13-12(18-14(19)16)6-10(15)7-17-13/h2-7H,8H2,1H3. The van der Waals surface area contributed by atoms with Crippen LogP contribution in [0.1, 0.15) is 5.56 Å². The lowest BCUT2D eigenvalue weighted by Crippen LogP contribution is -2.00. The van der Waals surface area contributed by atoms with Crippen LogP contribution >= 0.6 is 27.5 Å². The molecule has 2 heterocycles. The molecule has 0 saturated heterocycles. The van der Waals surface area contributed by atoms with E-state index in [4.69, 9.17) is 16.3 Å². The van der Waals surface area contributed by atoms with Crippen molar-refractivity contribution in [2.75, 3.05) is 7.11 Å². The summed E-state index contributed by atoms with van der Waals surface area (Å²) in [6, 6.07) is 9.75. The van der Waals surface area contributed by atoms with Gasteiger partial charge in [-0.3, -0.25) is 4.57 Å². The Morgan fingerprint density at radius 2 is 2.05 bits per heavy atom. The molecule has 0 radical (unpaired) electrons. The Morgan fingerprint density at radius 3 is 2.75 bits per heavy atom. The van der Waals surface area contributed by atoms with Gasteiger partial charge < -0.3 is 4.74 Å². The fourth-order valence-electron chi connectivity index (χ4n) is 2.01. The minimum absolute atomic E-state index is 0.432. The van der Waals surface area contributed by atoms with Crippen LogP contribution in [0.15, 0.2) is 41.0 Å². The van der Waals surface area contributed by atoms with Gasteiger partial charge in [0, 0.05) is 10.7 Å². The van der Waals surface area contributed by atoms with Gasteiger partial charge >= 0.3 is 0 Å². The zero-order valence-corrected chi connectivity index (χ0v) is 13.0. The van der Waals surface area contributed by atoms with Crippen LogP contribution in [0.2, 0.25) is 5.28 Å². The lowest BCUT2D eigenvalue weighted by atomic mass is 10.2. The molecule has 20 heavy (non-hydrogen) atoms. The summed E-state index contributed by atoms with van der Waals surface area (Å²) in [5.41, 5.74) is 2.66. The summed E-state index contributed by atoms with van der Waals surface area (Å²) in [4.78, 5) is 8.69. The maximum absolute atomic E-state index is 6.20. The predicted molar refractivity (Wildman–Crippen MR) is 82.3 cm³/mol. The van der Waals surface area contributed by atoms with Crippen LogP contribution in [-0.4, -0.2) is 21.6 Å². The van der Waals surface area contributed by atoms with Gasteiger partial charge in [-0.1, -0.05) is 12.1 Å². The Hall–Kier alpha value is -1.59. The quantitative estimate of drug-likeness (QED) is 0.717. The van der Waals surface area contributed by atoms with Crippen LogP contribution in [0, 0.1) is 0 Å². The van der Waals surface area contributed by atoms with Crippen molar-refractivity contribution in [3.63, 3.8) is 0 Å². The molecule has 0 N–H and O–H groups in total. The zero-order chi connectivity index (χ0) is 14.1. The van der Waals surface area contributed by atoms with Gasteiger partial charge in [0.1, 0.15) is 11.3 Å².